The van der Waals surface area contributed by atoms with Gasteiger partial charge in [0.05, 0.1) is 0 Å². The fourth-order valence-corrected chi connectivity index (χ4v) is 23.0. The molecule has 1 aromatic rings. The third kappa shape index (κ3) is 5.69. The van der Waals surface area contributed by atoms with Gasteiger partial charge in [-0.3, -0.25) is 0 Å². The number of aromatic hydroxyl groups is 1. The molecule has 3 heteroatoms. The maximum absolute atomic E-state index is 11.2. The van der Waals surface area contributed by atoms with Gasteiger partial charge in [0.25, 0.3) is 0 Å². The van der Waals surface area contributed by atoms with Crippen LogP contribution in [0.2, 0.25) is 13.3 Å². The topological polar surface area (TPSA) is 40.5 Å². The number of allylic oxidation sites excluding steroid dienone is 1. The number of hydrogen-bond donors (Lipinski definition) is 2. The quantitative estimate of drug-likeness (QED) is 0.254. The van der Waals surface area contributed by atoms with E-state index in [1.807, 2.05) is 12.1 Å². The van der Waals surface area contributed by atoms with Gasteiger partial charge in [-0.2, -0.15) is 0 Å². The number of aryl methyl sites for hydroxylation is 1. The van der Waals surface area contributed by atoms with Crippen molar-refractivity contribution < 1.29 is 10.2 Å². The minimum atomic E-state index is -2.37. The predicted molar refractivity (Wildman–Crippen MR) is 152 cm³/mol. The molecule has 196 valence electrons. The number of phenolic OH excluding ortho intramolecular Hbond substituents is 1. The zero-order chi connectivity index (χ0) is 25.1. The molecule has 0 radical (unpaired) electrons. The average Bonchev–Trinajstić information content (AvgIpc) is 3.16. The number of fused-ring (bicyclic) bond motifs is 5. The second-order valence-corrected chi connectivity index (χ2v) is 25.7. The third-order valence-electron chi connectivity index (χ3n) is 10.5. The zero-order valence-corrected chi connectivity index (χ0v) is 25.9. The fourth-order valence-electron chi connectivity index (χ4n) is 8.46. The van der Waals surface area contributed by atoms with Crippen LogP contribution in [0.3, 0.4) is 0 Å². The molecular formula is C32H52O2Sn. The summed E-state index contributed by atoms with van der Waals surface area (Å²) in [6.45, 7) is 9.51. The summed E-state index contributed by atoms with van der Waals surface area (Å²) in [6, 6.07) is 6.21. The van der Waals surface area contributed by atoms with Crippen LogP contribution >= 0.6 is 0 Å². The Balaban J connectivity index is 1.72. The van der Waals surface area contributed by atoms with E-state index in [1.54, 1.807) is 0 Å². The summed E-state index contributed by atoms with van der Waals surface area (Å²) < 4.78 is 7.47. The molecule has 0 aromatic heterocycles. The summed E-state index contributed by atoms with van der Waals surface area (Å²) in [5.74, 6) is 2.82. The number of unbranched alkanes of at least 4 members (excludes halogenated alkanes) is 3. The summed E-state index contributed by atoms with van der Waals surface area (Å²) in [7, 11) is 0. The molecule has 6 atom stereocenters. The van der Waals surface area contributed by atoms with Gasteiger partial charge in [-0.05, 0) is 0 Å². The monoisotopic (exact) mass is 588 g/mol. The van der Waals surface area contributed by atoms with Crippen molar-refractivity contribution in [1.82, 2.24) is 0 Å². The second-order valence-electron chi connectivity index (χ2n) is 12.7. The Morgan fingerprint density at radius 1 is 0.971 bits per heavy atom. The van der Waals surface area contributed by atoms with Crippen molar-refractivity contribution in [1.29, 1.82) is 0 Å². The molecule has 35 heavy (non-hydrogen) atoms. The van der Waals surface area contributed by atoms with Crippen LogP contribution in [0.25, 0.3) is 0 Å². The summed E-state index contributed by atoms with van der Waals surface area (Å²) >= 11 is -2.37. The van der Waals surface area contributed by atoms with E-state index in [-0.39, 0.29) is 11.5 Å². The molecule has 0 saturated heterocycles. The average molecular weight is 587 g/mol. The van der Waals surface area contributed by atoms with Crippen LogP contribution in [0.15, 0.2) is 28.4 Å². The van der Waals surface area contributed by atoms with E-state index in [2.05, 4.69) is 43.9 Å². The number of aliphatic hydroxyl groups is 1. The van der Waals surface area contributed by atoms with Crippen molar-refractivity contribution in [3.63, 3.8) is 0 Å². The number of benzene rings is 1. The molecule has 4 rings (SSSR count). The molecule has 0 spiro atoms. The van der Waals surface area contributed by atoms with Crippen molar-refractivity contribution in [2.24, 2.45) is 23.2 Å². The van der Waals surface area contributed by atoms with Crippen LogP contribution in [-0.4, -0.2) is 34.7 Å². The Kier molecular flexibility index (Phi) is 9.39. The van der Waals surface area contributed by atoms with Gasteiger partial charge in [-0.15, -0.1) is 0 Å². The standard InChI is InChI=1S/C20H25O2.3C4H9.Sn/c1-3-12-11-20(2)17(8-9-18(20)22)16-6-4-13-10-14(21)5-7-15(13)19(12)16;3*1-3-4-2;/h1,3,5,7,10,12,16-19,21-22H,4,6,8-9,11H2,2H3;3*1,3-4H2,2H3;/t12?,16-,17-,18-,19+,20-;;;;/m0..../s1. The predicted octanol–water partition coefficient (Wildman–Crippen LogP) is 8.78. The van der Waals surface area contributed by atoms with Gasteiger partial charge >= 0.3 is 221 Å². The van der Waals surface area contributed by atoms with Gasteiger partial charge in [0, 0.05) is 0 Å². The van der Waals surface area contributed by atoms with E-state index in [0.29, 0.717) is 29.4 Å². The molecule has 2 fully saturated rings. The first kappa shape index (κ1) is 27.6. The summed E-state index contributed by atoms with van der Waals surface area (Å²) in [6.07, 6.45) is 16.4. The Morgan fingerprint density at radius 2 is 1.63 bits per heavy atom. The summed E-state index contributed by atoms with van der Waals surface area (Å²) in [5.41, 5.74) is 2.96. The van der Waals surface area contributed by atoms with Crippen molar-refractivity contribution in [2.45, 2.75) is 124 Å². The number of aliphatic hydroxyl groups excluding tert-OH is 1. The maximum atomic E-state index is 11.2. The van der Waals surface area contributed by atoms with E-state index in [1.165, 1.54) is 75.8 Å². The van der Waals surface area contributed by atoms with E-state index in [4.69, 9.17) is 0 Å². The van der Waals surface area contributed by atoms with E-state index < -0.39 is 18.4 Å². The van der Waals surface area contributed by atoms with E-state index in [9.17, 15) is 10.2 Å². The number of phenols is 1. The molecule has 3 aliphatic carbocycles. The first-order chi connectivity index (χ1) is 16.9. The number of rotatable bonds is 11. The first-order valence-electron chi connectivity index (χ1n) is 15.1. The van der Waals surface area contributed by atoms with Crippen LogP contribution in [-0.2, 0) is 6.42 Å². The van der Waals surface area contributed by atoms with Crippen molar-refractivity contribution in [3.05, 3.63) is 39.5 Å². The van der Waals surface area contributed by atoms with Crippen LogP contribution in [0.4, 0.5) is 0 Å². The summed E-state index contributed by atoms with van der Waals surface area (Å²) in [4.78, 5) is 0. The zero-order valence-electron chi connectivity index (χ0n) is 23.1. The van der Waals surface area contributed by atoms with Crippen LogP contribution in [0.5, 0.6) is 5.75 Å². The molecule has 1 aromatic carbocycles. The minimum absolute atomic E-state index is 0.0685. The Bertz CT molecular complexity index is 841. The molecular weight excluding hydrogens is 535 g/mol. The van der Waals surface area contributed by atoms with Gasteiger partial charge in [0.15, 0.2) is 0 Å². The van der Waals surface area contributed by atoms with Crippen LogP contribution in [0, 0.1) is 23.2 Å². The number of hydrogen-bond acceptors (Lipinski definition) is 2. The molecule has 0 bridgehead atoms. The molecule has 0 amide bonds. The van der Waals surface area contributed by atoms with Gasteiger partial charge in [0.2, 0.25) is 0 Å². The Hall–Kier alpha value is -0.481. The fraction of sp³-hybridized carbons (Fsp3) is 0.750. The van der Waals surface area contributed by atoms with Crippen LogP contribution in [0.1, 0.15) is 109 Å². The first-order valence-corrected chi connectivity index (χ1v) is 22.8. The third-order valence-corrected chi connectivity index (χ3v) is 24.6. The summed E-state index contributed by atoms with van der Waals surface area (Å²) in [5, 5.41) is 21.4. The molecule has 2 saturated carbocycles. The molecule has 0 aliphatic heterocycles. The molecule has 1 unspecified atom stereocenters. The van der Waals surface area contributed by atoms with Crippen LogP contribution < -0.4 is 0 Å². The van der Waals surface area contributed by atoms with Gasteiger partial charge in [-0.25, -0.2) is 0 Å². The van der Waals surface area contributed by atoms with Crippen molar-refractivity contribution in [3.8, 4) is 5.75 Å². The van der Waals surface area contributed by atoms with Crippen molar-refractivity contribution in [2.75, 3.05) is 0 Å². The van der Waals surface area contributed by atoms with E-state index >= 15 is 0 Å². The Morgan fingerprint density at radius 3 is 2.26 bits per heavy atom. The van der Waals surface area contributed by atoms with Gasteiger partial charge in [-0.1, -0.05) is 0 Å². The second kappa shape index (κ2) is 11.9. The van der Waals surface area contributed by atoms with E-state index in [0.717, 1.165) is 19.3 Å². The molecule has 2 N–H and O–H groups in total. The molecule has 2 nitrogen and oxygen atoms in total. The Labute approximate surface area is 219 Å². The van der Waals surface area contributed by atoms with Crippen molar-refractivity contribution >= 4 is 18.4 Å². The van der Waals surface area contributed by atoms with Gasteiger partial charge < -0.3 is 0 Å². The molecule has 3 aliphatic rings. The normalized spacial score (nSPS) is 32.4. The SMILES string of the molecule is CCC[CH2][Sn](/[CH]=C\C1C[C@]2(C)[C@@H](O)CC[C@H]2[C@@H]2CCc3cc(O)ccc3[C@@H]12)([CH2]CCC)[CH2]CCC. The molecule has 0 heterocycles. The van der Waals surface area contributed by atoms with Gasteiger partial charge in [0.1, 0.15) is 0 Å².